The van der Waals surface area contributed by atoms with Crippen LogP contribution in [-0.4, -0.2) is 17.6 Å². The highest BCUT2D eigenvalue weighted by molar-refractivity contribution is 7.08. The van der Waals surface area contributed by atoms with E-state index in [1.54, 1.807) is 38.1 Å². The van der Waals surface area contributed by atoms with Gasteiger partial charge in [-0.1, -0.05) is 18.2 Å². The quantitative estimate of drug-likeness (QED) is 0.714. The molecule has 24 heavy (non-hydrogen) atoms. The van der Waals surface area contributed by atoms with Gasteiger partial charge in [0, 0.05) is 5.39 Å². The van der Waals surface area contributed by atoms with Crippen LogP contribution in [0.5, 0.6) is 0 Å². The van der Waals surface area contributed by atoms with E-state index >= 15 is 0 Å². The molecule has 0 fully saturated rings. The van der Waals surface area contributed by atoms with Crippen molar-refractivity contribution < 1.29 is 14.3 Å². The van der Waals surface area contributed by atoms with Crippen molar-refractivity contribution in [1.29, 1.82) is 0 Å². The van der Waals surface area contributed by atoms with Gasteiger partial charge in [0.25, 0.3) is 5.91 Å². The zero-order valence-corrected chi connectivity index (χ0v) is 14.1. The fourth-order valence-electron chi connectivity index (χ4n) is 2.58. The zero-order valence-electron chi connectivity index (χ0n) is 13.3. The van der Waals surface area contributed by atoms with E-state index in [4.69, 9.17) is 4.42 Å². The van der Waals surface area contributed by atoms with Crippen LogP contribution >= 0.6 is 11.3 Å². The maximum Gasteiger partial charge on any atom is 0.349 e. The fourth-order valence-corrected chi connectivity index (χ4v) is 3.36. The number of fused-ring (bicyclic) bond motifs is 1. The maximum atomic E-state index is 12.5. The highest BCUT2D eigenvalue weighted by Gasteiger charge is 2.26. The Balaban J connectivity index is 1.88. The highest BCUT2D eigenvalue weighted by Crippen LogP contribution is 2.23. The summed E-state index contributed by atoms with van der Waals surface area (Å²) >= 11 is 1.47. The number of amides is 1. The number of hydrogen-bond acceptors (Lipinski definition) is 5. The van der Waals surface area contributed by atoms with Crippen LogP contribution in [-0.2, 0) is 5.60 Å². The number of nitrogens with one attached hydrogen (secondary N) is 1. The molecule has 0 saturated heterocycles. The minimum atomic E-state index is -1.21. The van der Waals surface area contributed by atoms with Crippen molar-refractivity contribution in [3.05, 3.63) is 68.2 Å². The lowest BCUT2D eigenvalue weighted by Gasteiger charge is -2.22. The van der Waals surface area contributed by atoms with E-state index in [1.807, 2.05) is 16.8 Å². The Labute approximate surface area is 142 Å². The molecule has 0 aliphatic rings. The molecular weight excluding hydrogens is 326 g/mol. The number of benzene rings is 1. The lowest BCUT2D eigenvalue weighted by Crippen LogP contribution is -2.40. The number of thiophene rings is 1. The Hall–Kier alpha value is -2.44. The van der Waals surface area contributed by atoms with Crippen molar-refractivity contribution in [1.82, 2.24) is 5.32 Å². The van der Waals surface area contributed by atoms with Gasteiger partial charge >= 0.3 is 5.63 Å². The molecule has 1 atom stereocenters. The molecule has 0 saturated carbocycles. The molecule has 0 aliphatic carbocycles. The van der Waals surface area contributed by atoms with Gasteiger partial charge in [-0.05, 0) is 47.9 Å². The van der Waals surface area contributed by atoms with E-state index in [9.17, 15) is 14.7 Å². The van der Waals surface area contributed by atoms with Crippen molar-refractivity contribution in [2.24, 2.45) is 0 Å². The molecule has 2 heterocycles. The molecule has 2 aromatic heterocycles. The first-order chi connectivity index (χ1) is 11.4. The predicted octanol–water partition coefficient (Wildman–Crippen LogP) is 2.80. The molecule has 1 amide bonds. The van der Waals surface area contributed by atoms with Gasteiger partial charge in [-0.15, -0.1) is 0 Å². The van der Waals surface area contributed by atoms with Gasteiger partial charge in [0.2, 0.25) is 0 Å². The molecule has 6 heteroatoms. The molecule has 3 aromatic rings. The maximum absolute atomic E-state index is 12.5. The lowest BCUT2D eigenvalue weighted by atomic mass is 9.99. The first-order valence-corrected chi connectivity index (χ1v) is 8.40. The number of aryl methyl sites for hydroxylation is 1. The number of carbonyl (C=O) groups excluding carboxylic acids is 1. The number of carbonyl (C=O) groups is 1. The van der Waals surface area contributed by atoms with Crippen LogP contribution in [0.4, 0.5) is 0 Å². The van der Waals surface area contributed by atoms with Gasteiger partial charge in [-0.25, -0.2) is 4.79 Å². The Kier molecular flexibility index (Phi) is 4.26. The molecule has 0 bridgehead atoms. The van der Waals surface area contributed by atoms with Gasteiger partial charge < -0.3 is 14.8 Å². The lowest BCUT2D eigenvalue weighted by molar-refractivity contribution is 0.0529. The SMILES string of the molecule is Cc1c(C(=O)NCC(C)(O)c2ccsc2)c(=O)oc2ccccc12. The Morgan fingerprint density at radius 2 is 2.08 bits per heavy atom. The monoisotopic (exact) mass is 343 g/mol. The molecule has 1 aromatic carbocycles. The zero-order chi connectivity index (χ0) is 17.3. The van der Waals surface area contributed by atoms with E-state index in [0.29, 0.717) is 16.5 Å². The topological polar surface area (TPSA) is 79.5 Å². The summed E-state index contributed by atoms with van der Waals surface area (Å²) < 4.78 is 5.22. The average molecular weight is 343 g/mol. The summed E-state index contributed by atoms with van der Waals surface area (Å²) in [6, 6.07) is 8.87. The van der Waals surface area contributed by atoms with Crippen LogP contribution < -0.4 is 10.9 Å². The Morgan fingerprint density at radius 3 is 2.79 bits per heavy atom. The number of rotatable bonds is 4. The first-order valence-electron chi connectivity index (χ1n) is 7.46. The van der Waals surface area contributed by atoms with Gasteiger partial charge in [-0.3, -0.25) is 4.79 Å². The predicted molar refractivity (Wildman–Crippen MR) is 93.4 cm³/mol. The number of hydrogen-bond donors (Lipinski definition) is 2. The summed E-state index contributed by atoms with van der Waals surface area (Å²) in [6.07, 6.45) is 0. The highest BCUT2D eigenvalue weighted by atomic mass is 32.1. The second-order valence-electron chi connectivity index (χ2n) is 5.85. The van der Waals surface area contributed by atoms with Gasteiger partial charge in [-0.2, -0.15) is 11.3 Å². The number of para-hydroxylation sites is 1. The summed E-state index contributed by atoms with van der Waals surface area (Å²) in [5.41, 5.74) is -0.194. The molecule has 0 aliphatic heterocycles. The minimum absolute atomic E-state index is 0.00568. The van der Waals surface area contributed by atoms with Crippen LogP contribution in [0.2, 0.25) is 0 Å². The third kappa shape index (κ3) is 2.98. The second kappa shape index (κ2) is 6.22. The van der Waals surface area contributed by atoms with Crippen LogP contribution in [0.3, 0.4) is 0 Å². The molecule has 124 valence electrons. The van der Waals surface area contributed by atoms with Crippen LogP contribution in [0.15, 0.2) is 50.3 Å². The molecular formula is C18H17NO4S. The normalized spacial score (nSPS) is 13.6. The largest absolute Gasteiger partial charge is 0.422 e. The fraction of sp³-hybridized carbons (Fsp3) is 0.222. The molecule has 0 radical (unpaired) electrons. The molecule has 1 unspecified atom stereocenters. The Morgan fingerprint density at radius 1 is 1.33 bits per heavy atom. The van der Waals surface area contributed by atoms with E-state index in [1.165, 1.54) is 11.3 Å². The third-order valence-corrected chi connectivity index (χ3v) is 4.72. The first kappa shape index (κ1) is 16.4. The number of aliphatic hydroxyl groups is 1. The van der Waals surface area contributed by atoms with E-state index in [0.717, 1.165) is 5.56 Å². The summed E-state index contributed by atoms with van der Waals surface area (Å²) in [6.45, 7) is 3.32. The minimum Gasteiger partial charge on any atom is -0.422 e. The molecule has 0 spiro atoms. The smallest absolute Gasteiger partial charge is 0.349 e. The standard InChI is InChI=1S/C18H17NO4S/c1-11-13-5-3-4-6-14(13)23-17(21)15(11)16(20)19-10-18(2,22)12-7-8-24-9-12/h3-9,22H,10H2,1-2H3,(H,19,20). The molecule has 3 rings (SSSR count). The van der Waals surface area contributed by atoms with E-state index in [-0.39, 0.29) is 12.1 Å². The second-order valence-corrected chi connectivity index (χ2v) is 6.63. The van der Waals surface area contributed by atoms with Gasteiger partial charge in [0.15, 0.2) is 0 Å². The Bertz CT molecular complexity index is 941. The van der Waals surface area contributed by atoms with E-state index in [2.05, 4.69) is 5.32 Å². The van der Waals surface area contributed by atoms with Crippen molar-refractivity contribution in [3.63, 3.8) is 0 Å². The summed E-state index contributed by atoms with van der Waals surface area (Å²) in [5.74, 6) is -0.553. The van der Waals surface area contributed by atoms with Crippen molar-refractivity contribution in [2.75, 3.05) is 6.54 Å². The summed E-state index contributed by atoms with van der Waals surface area (Å²) in [4.78, 5) is 24.6. The van der Waals surface area contributed by atoms with Crippen molar-refractivity contribution >= 4 is 28.2 Å². The van der Waals surface area contributed by atoms with Crippen LogP contribution in [0.1, 0.15) is 28.4 Å². The summed E-state index contributed by atoms with van der Waals surface area (Å²) in [5, 5.41) is 17.5. The average Bonchev–Trinajstić information content (AvgIpc) is 3.08. The van der Waals surface area contributed by atoms with Gasteiger partial charge in [0.1, 0.15) is 16.7 Å². The molecule has 2 N–H and O–H groups in total. The third-order valence-electron chi connectivity index (χ3n) is 4.04. The molecule has 5 nitrogen and oxygen atoms in total. The van der Waals surface area contributed by atoms with Crippen LogP contribution in [0, 0.1) is 6.92 Å². The van der Waals surface area contributed by atoms with Crippen molar-refractivity contribution in [2.45, 2.75) is 19.4 Å². The van der Waals surface area contributed by atoms with Gasteiger partial charge in [0.05, 0.1) is 6.54 Å². The van der Waals surface area contributed by atoms with Crippen molar-refractivity contribution in [3.8, 4) is 0 Å². The van der Waals surface area contributed by atoms with E-state index < -0.39 is 17.1 Å². The summed E-state index contributed by atoms with van der Waals surface area (Å²) in [7, 11) is 0. The van der Waals surface area contributed by atoms with Crippen LogP contribution in [0.25, 0.3) is 11.0 Å².